The van der Waals surface area contributed by atoms with E-state index in [-0.39, 0.29) is 87.0 Å². The van der Waals surface area contributed by atoms with Crippen molar-refractivity contribution in [2.45, 2.75) is 175 Å². The van der Waals surface area contributed by atoms with Gasteiger partial charge >= 0.3 is 36.6 Å². The lowest BCUT2D eigenvalue weighted by molar-refractivity contribution is -0.441. The lowest BCUT2D eigenvalue weighted by Crippen LogP contribution is -2.18. The zero-order valence-electron chi connectivity index (χ0n) is 59.9. The summed E-state index contributed by atoms with van der Waals surface area (Å²) in [7, 11) is 8.47. The first-order chi connectivity index (χ1) is 48.0. The predicted octanol–water partition coefficient (Wildman–Crippen LogP) is 21.7. The first-order valence-corrected chi connectivity index (χ1v) is 35.0. The maximum Gasteiger partial charge on any atom is 0.550 e. The van der Waals surface area contributed by atoms with Crippen LogP contribution >= 0.6 is 24.4 Å². The molecule has 0 saturated heterocycles. The van der Waals surface area contributed by atoms with Crippen LogP contribution in [0.3, 0.4) is 0 Å². The molecule has 0 radical (unpaired) electrons. The minimum atomic E-state index is -4.92. The second-order valence-corrected chi connectivity index (χ2v) is 29.4. The van der Waals surface area contributed by atoms with Gasteiger partial charge in [-0.25, -0.2) is 28.0 Å². The Balaban J connectivity index is 0.000000191. The van der Waals surface area contributed by atoms with Crippen LogP contribution in [0, 0.1) is 33.3 Å². The number of esters is 4. The van der Waals surface area contributed by atoms with Crippen molar-refractivity contribution < 1.29 is 105 Å². The summed E-state index contributed by atoms with van der Waals surface area (Å²) in [6.45, 7) is 17.5. The number of halogens is 8. The SMILES string of the molecule is COC(=O)c1ccc(-c2cc(OC)ccc2F)c([C@@H]2CCCC2(C)C)c1.COC(=O)c1ccc(-c2cc(OC)ccc2F)c([C@H]2CCCC2(C)C)c1.COC(=O)c1ccc(CSOOC(F)(F)F)c([C@H]2CCCC2(C)C)c1.COC(=O)c1ccc(OSOOC(F)(F)F)c([C@@H]2CCCC2(C)C)c1. The normalized spacial score (nSPS) is 19.2. The van der Waals surface area contributed by atoms with Crippen molar-refractivity contribution in [1.29, 1.82) is 0 Å². The molecule has 102 heavy (non-hydrogen) atoms. The molecule has 0 heterocycles. The van der Waals surface area contributed by atoms with E-state index in [0.717, 1.165) is 116 Å². The van der Waals surface area contributed by atoms with E-state index in [4.69, 9.17) is 32.6 Å². The van der Waals surface area contributed by atoms with Crippen LogP contribution in [0.5, 0.6) is 17.2 Å². The average Bonchev–Trinajstić information content (AvgIpc) is 1.39. The molecule has 0 bridgehead atoms. The van der Waals surface area contributed by atoms with E-state index >= 15 is 0 Å². The minimum Gasteiger partial charge on any atom is -0.497 e. The maximum atomic E-state index is 14.6. The number of methoxy groups -OCH3 is 6. The number of hydrogen-bond acceptors (Lipinski definition) is 17. The highest BCUT2D eigenvalue weighted by atomic mass is 32.2. The number of carbonyl (C=O) groups excluding carboxylic acids is 4. The predicted molar refractivity (Wildman–Crippen MR) is 372 cm³/mol. The Kier molecular flexibility index (Phi) is 28.4. The summed E-state index contributed by atoms with van der Waals surface area (Å²) >= 11 is 0.636. The molecule has 4 fully saturated rings. The van der Waals surface area contributed by atoms with Crippen LogP contribution in [0.1, 0.15) is 225 Å². The molecule has 15 nitrogen and oxygen atoms in total. The molecule has 10 rings (SSSR count). The number of carbonyl (C=O) groups is 4. The van der Waals surface area contributed by atoms with Gasteiger partial charge in [0.05, 0.1) is 64.9 Å². The van der Waals surface area contributed by atoms with Gasteiger partial charge in [-0.2, -0.15) is 4.33 Å². The van der Waals surface area contributed by atoms with E-state index < -0.39 is 24.7 Å². The Hall–Kier alpha value is -7.42. The van der Waals surface area contributed by atoms with E-state index in [2.05, 4.69) is 73.8 Å². The number of benzene rings is 6. The first kappa shape index (κ1) is 81.9. The summed E-state index contributed by atoms with van der Waals surface area (Å²) < 4.78 is 144. The summed E-state index contributed by atoms with van der Waals surface area (Å²) in [4.78, 5) is 54.2. The van der Waals surface area contributed by atoms with Gasteiger partial charge in [-0.1, -0.05) is 99.3 Å². The molecule has 6 aromatic carbocycles. The van der Waals surface area contributed by atoms with Gasteiger partial charge < -0.3 is 32.6 Å². The van der Waals surface area contributed by atoms with Gasteiger partial charge in [0.1, 0.15) is 28.9 Å². The molecule has 0 aromatic heterocycles. The van der Waals surface area contributed by atoms with E-state index in [1.807, 2.05) is 24.3 Å². The van der Waals surface area contributed by atoms with Crippen LogP contribution in [0.4, 0.5) is 35.1 Å². The molecule has 4 aliphatic carbocycles. The molecule has 0 spiro atoms. The Morgan fingerprint density at radius 3 is 1.10 bits per heavy atom. The molecule has 0 aliphatic heterocycles. The zero-order chi connectivity index (χ0) is 75.1. The highest BCUT2D eigenvalue weighted by molar-refractivity contribution is 7.93. The van der Waals surface area contributed by atoms with Crippen LogP contribution < -0.4 is 13.7 Å². The topological polar surface area (TPSA) is 170 Å². The Labute approximate surface area is 600 Å². The van der Waals surface area contributed by atoms with Gasteiger partial charge in [-0.15, -0.1) is 40.5 Å². The monoisotopic (exact) mass is 1470 g/mol. The van der Waals surface area contributed by atoms with Crippen molar-refractivity contribution >= 4 is 48.2 Å². The second-order valence-electron chi connectivity index (χ2n) is 28.3. The standard InChI is InChI=1S/2C22H25FO3.C17H21F3O4S.C16H19F3O5S/c2*1-22(2)11-5-6-19(22)17-12-14(21(24)26-4)7-9-16(17)18-13-15(25-3)8-10-20(18)23;1-16(2)8-4-5-14(16)13-9-11(15(21)22-3)6-7-12(13)10-25-24-23-17(18,19)20;1-15(2)8-4-5-12(15)11-9-10(14(20)21-3)6-7-13(11)22-25-24-23-16(17,18)19/h2*7-10,12-13,19H,5-6,11H2,1-4H3;6-7,9,14H,4-5,8,10H2,1-3H3;6-7,9,12H,4-5,8H2,1-3H3/t2*19-;14-;12-/m1010/s1. The van der Waals surface area contributed by atoms with Crippen molar-refractivity contribution in [3.8, 4) is 39.5 Å². The highest BCUT2D eigenvalue weighted by Gasteiger charge is 2.42. The molecule has 4 atom stereocenters. The van der Waals surface area contributed by atoms with E-state index in [1.54, 1.807) is 74.9 Å². The molecule has 0 amide bonds. The summed E-state index contributed by atoms with van der Waals surface area (Å²) in [6, 6.07) is 30.1. The van der Waals surface area contributed by atoms with Gasteiger partial charge in [-0.3, -0.25) is 0 Å². The Morgan fingerprint density at radius 1 is 0.412 bits per heavy atom. The molecular weight excluding hydrogens is 1380 g/mol. The van der Waals surface area contributed by atoms with Crippen LogP contribution in [0.25, 0.3) is 22.3 Å². The Morgan fingerprint density at radius 2 is 0.745 bits per heavy atom. The molecule has 556 valence electrons. The lowest BCUT2D eigenvalue weighted by Gasteiger charge is -2.29. The van der Waals surface area contributed by atoms with Gasteiger partial charge in [0.2, 0.25) is 0 Å². The number of ether oxygens (including phenoxy) is 6. The quantitative estimate of drug-likeness (QED) is 0.0134. The fraction of sp³-hybridized carbons (Fsp3) is 0.481. The van der Waals surface area contributed by atoms with Crippen molar-refractivity contribution in [1.82, 2.24) is 0 Å². The third-order valence-corrected chi connectivity index (χ3v) is 21.0. The highest BCUT2D eigenvalue weighted by Crippen LogP contribution is 2.55. The minimum absolute atomic E-state index is 0.0269. The molecule has 4 saturated carbocycles. The van der Waals surface area contributed by atoms with Gasteiger partial charge in [-0.05, 0) is 221 Å². The summed E-state index contributed by atoms with van der Waals surface area (Å²) in [6.07, 6.45) is 2.77. The first-order valence-electron chi connectivity index (χ1n) is 33.4. The van der Waals surface area contributed by atoms with E-state index in [9.17, 15) is 54.3 Å². The largest absolute Gasteiger partial charge is 0.550 e. The molecule has 6 aromatic rings. The number of rotatable bonds is 20. The van der Waals surface area contributed by atoms with Gasteiger partial charge in [0, 0.05) is 34.5 Å². The Bertz CT molecular complexity index is 3630. The average molecular weight is 1470 g/mol. The van der Waals surface area contributed by atoms with E-state index in [0.29, 0.717) is 62.7 Å². The van der Waals surface area contributed by atoms with Crippen LogP contribution in [-0.2, 0) is 43.1 Å². The molecule has 0 N–H and O–H groups in total. The fourth-order valence-corrected chi connectivity index (χ4v) is 15.6. The zero-order valence-corrected chi connectivity index (χ0v) is 61.5. The van der Waals surface area contributed by atoms with Gasteiger partial charge in [0.15, 0.2) is 0 Å². The second kappa shape index (κ2) is 35.4. The smallest absolute Gasteiger partial charge is 0.497 e. The molecule has 25 heteroatoms. The molecular formula is C77H90F8O15S2. The van der Waals surface area contributed by atoms with Crippen molar-refractivity contribution in [3.05, 3.63) is 171 Å². The van der Waals surface area contributed by atoms with Crippen LogP contribution in [0.2, 0.25) is 0 Å². The third kappa shape index (κ3) is 21.4. The number of alkyl halides is 6. The fourth-order valence-electron chi connectivity index (χ4n) is 14.7. The lowest BCUT2D eigenvalue weighted by atomic mass is 9.75. The van der Waals surface area contributed by atoms with Crippen molar-refractivity contribution in [3.63, 3.8) is 0 Å². The van der Waals surface area contributed by atoms with Crippen molar-refractivity contribution in [2.24, 2.45) is 21.7 Å². The number of hydrogen-bond donors (Lipinski definition) is 0. The van der Waals surface area contributed by atoms with Crippen LogP contribution in [0.15, 0.2) is 109 Å². The maximum absolute atomic E-state index is 14.6. The van der Waals surface area contributed by atoms with Gasteiger partial charge in [0.25, 0.3) is 12.3 Å². The molecule has 4 aliphatic rings. The summed E-state index contributed by atoms with van der Waals surface area (Å²) in [5.41, 5.74) is 9.13. The summed E-state index contributed by atoms with van der Waals surface area (Å²) in [5.74, 6) is 0.267. The van der Waals surface area contributed by atoms with Crippen LogP contribution in [-0.4, -0.2) is 79.3 Å². The van der Waals surface area contributed by atoms with E-state index in [1.165, 1.54) is 52.7 Å². The summed E-state index contributed by atoms with van der Waals surface area (Å²) in [5, 5.41) is 0. The van der Waals surface area contributed by atoms with Crippen molar-refractivity contribution in [2.75, 3.05) is 42.7 Å². The molecule has 0 unspecified atom stereocenters. The third-order valence-electron chi connectivity index (χ3n) is 20.1.